The van der Waals surface area contributed by atoms with Gasteiger partial charge in [-0.3, -0.25) is 14.9 Å². The molecule has 0 radical (unpaired) electrons. The quantitative estimate of drug-likeness (QED) is 0.841. The van der Waals surface area contributed by atoms with Crippen LogP contribution in [0.25, 0.3) is 11.0 Å². The van der Waals surface area contributed by atoms with Crippen LogP contribution in [0.3, 0.4) is 0 Å². The molecule has 7 heteroatoms. The lowest BCUT2D eigenvalue weighted by Crippen LogP contribution is -2.48. The van der Waals surface area contributed by atoms with Crippen LogP contribution in [0.15, 0.2) is 11.0 Å². The summed E-state index contributed by atoms with van der Waals surface area (Å²) in [6.45, 7) is 1.93. The zero-order valence-electron chi connectivity index (χ0n) is 11.9. The molecule has 2 N–H and O–H groups in total. The van der Waals surface area contributed by atoms with E-state index in [4.69, 9.17) is 0 Å². The van der Waals surface area contributed by atoms with Crippen molar-refractivity contribution < 1.29 is 0 Å². The van der Waals surface area contributed by atoms with Crippen molar-refractivity contribution >= 4 is 28.7 Å². The maximum Gasteiger partial charge on any atom is 0.263 e. The van der Waals surface area contributed by atoms with Crippen LogP contribution in [0.4, 0.5) is 5.95 Å². The third-order valence-corrected chi connectivity index (χ3v) is 6.16. The van der Waals surface area contributed by atoms with Crippen molar-refractivity contribution in [1.82, 2.24) is 20.2 Å². The van der Waals surface area contributed by atoms with Crippen molar-refractivity contribution in [1.29, 1.82) is 0 Å². The van der Waals surface area contributed by atoms with Crippen molar-refractivity contribution in [3.63, 3.8) is 0 Å². The van der Waals surface area contributed by atoms with Crippen LogP contribution in [0.1, 0.15) is 32.1 Å². The van der Waals surface area contributed by atoms with Crippen molar-refractivity contribution in [2.75, 3.05) is 23.7 Å². The lowest BCUT2D eigenvalue weighted by molar-refractivity contribution is 0.389. The number of aromatic amines is 2. The molecule has 1 aliphatic heterocycles. The molecule has 3 heterocycles. The molecule has 2 aliphatic rings. The second kappa shape index (κ2) is 5.05. The molecule has 1 saturated carbocycles. The molecule has 0 bridgehead atoms. The van der Waals surface area contributed by atoms with Gasteiger partial charge in [0.1, 0.15) is 5.39 Å². The summed E-state index contributed by atoms with van der Waals surface area (Å²) in [5.41, 5.74) is 0.462. The fourth-order valence-corrected chi connectivity index (χ4v) is 5.08. The number of nitrogens with zero attached hydrogens (tertiary/aromatic N) is 3. The van der Waals surface area contributed by atoms with E-state index >= 15 is 0 Å². The summed E-state index contributed by atoms with van der Waals surface area (Å²) in [5.74, 6) is 1.78. The number of anilines is 1. The average Bonchev–Trinajstić information content (AvgIpc) is 2.97. The topological polar surface area (TPSA) is 77.7 Å². The van der Waals surface area contributed by atoms with Gasteiger partial charge in [0.15, 0.2) is 5.65 Å². The number of rotatable bonds is 1. The molecule has 21 heavy (non-hydrogen) atoms. The zero-order valence-corrected chi connectivity index (χ0v) is 12.7. The molecule has 1 spiro atoms. The Morgan fingerprint density at radius 3 is 3.00 bits per heavy atom. The Balaban J connectivity index is 1.66. The molecule has 2 aromatic heterocycles. The highest BCUT2D eigenvalue weighted by atomic mass is 32.2. The number of hydrogen-bond acceptors (Lipinski definition) is 5. The molecular weight excluding hydrogens is 286 g/mol. The minimum atomic E-state index is -0.111. The van der Waals surface area contributed by atoms with Crippen molar-refractivity contribution in [3.05, 3.63) is 16.6 Å². The van der Waals surface area contributed by atoms with E-state index in [9.17, 15) is 4.79 Å². The Morgan fingerprint density at radius 2 is 2.14 bits per heavy atom. The smallest absolute Gasteiger partial charge is 0.263 e. The van der Waals surface area contributed by atoms with Crippen LogP contribution >= 0.6 is 11.8 Å². The Morgan fingerprint density at radius 1 is 1.29 bits per heavy atom. The second-order valence-corrected chi connectivity index (χ2v) is 7.60. The molecule has 112 valence electrons. The van der Waals surface area contributed by atoms with Crippen LogP contribution in [-0.2, 0) is 0 Å². The van der Waals surface area contributed by atoms with Gasteiger partial charge in [-0.05, 0) is 12.8 Å². The average molecular weight is 305 g/mol. The summed E-state index contributed by atoms with van der Waals surface area (Å²) in [5, 5.41) is 7.22. The lowest BCUT2D eigenvalue weighted by Gasteiger charge is -2.44. The van der Waals surface area contributed by atoms with Gasteiger partial charge in [0.05, 0.1) is 6.20 Å². The maximum atomic E-state index is 12.1. The van der Waals surface area contributed by atoms with E-state index in [1.807, 2.05) is 0 Å². The van der Waals surface area contributed by atoms with Gasteiger partial charge in [-0.1, -0.05) is 19.3 Å². The van der Waals surface area contributed by atoms with Crippen molar-refractivity contribution in [2.24, 2.45) is 0 Å². The van der Waals surface area contributed by atoms with Crippen molar-refractivity contribution in [3.8, 4) is 0 Å². The van der Waals surface area contributed by atoms with Gasteiger partial charge < -0.3 is 4.90 Å². The molecule has 2 aromatic rings. The molecule has 0 aromatic carbocycles. The van der Waals surface area contributed by atoms with Gasteiger partial charge in [-0.25, -0.2) is 0 Å². The van der Waals surface area contributed by atoms with E-state index in [1.54, 1.807) is 0 Å². The monoisotopic (exact) mass is 305 g/mol. The predicted molar refractivity (Wildman–Crippen MR) is 85.0 cm³/mol. The van der Waals surface area contributed by atoms with Crippen LogP contribution in [0.5, 0.6) is 0 Å². The number of nitrogens with one attached hydrogen (secondary N) is 2. The largest absolute Gasteiger partial charge is 0.340 e. The van der Waals surface area contributed by atoms with Crippen LogP contribution in [0.2, 0.25) is 0 Å². The van der Waals surface area contributed by atoms with Gasteiger partial charge in [0.2, 0.25) is 5.95 Å². The molecular formula is C14H19N5OS. The highest BCUT2D eigenvalue weighted by Crippen LogP contribution is 2.43. The SMILES string of the molecule is O=c1[nH]c(N2CCSC3(CCCCC3)C2)nc2[nH]ncc12. The van der Waals surface area contributed by atoms with Gasteiger partial charge in [-0.2, -0.15) is 21.8 Å². The molecule has 2 fully saturated rings. The zero-order chi connectivity index (χ0) is 14.3. The first-order valence-corrected chi connectivity index (χ1v) is 8.57. The number of aromatic nitrogens is 4. The fourth-order valence-electron chi connectivity index (χ4n) is 3.51. The molecule has 6 nitrogen and oxygen atoms in total. The summed E-state index contributed by atoms with van der Waals surface area (Å²) in [6, 6.07) is 0. The molecule has 0 atom stereocenters. The molecule has 1 saturated heterocycles. The first-order chi connectivity index (χ1) is 10.3. The first kappa shape index (κ1) is 13.2. The van der Waals surface area contributed by atoms with Gasteiger partial charge in [0, 0.05) is 23.6 Å². The van der Waals surface area contributed by atoms with Crippen LogP contribution in [0, 0.1) is 0 Å². The minimum absolute atomic E-state index is 0.111. The molecule has 0 unspecified atom stereocenters. The van der Waals surface area contributed by atoms with Crippen molar-refractivity contribution in [2.45, 2.75) is 36.9 Å². The molecule has 0 amide bonds. The normalized spacial score (nSPS) is 22.0. The summed E-state index contributed by atoms with van der Waals surface area (Å²) in [7, 11) is 0. The number of thioether (sulfide) groups is 1. The predicted octanol–water partition coefficient (Wildman–Crippen LogP) is 1.90. The highest BCUT2D eigenvalue weighted by molar-refractivity contribution is 8.00. The van der Waals surface area contributed by atoms with Gasteiger partial charge in [-0.15, -0.1) is 0 Å². The number of hydrogen-bond donors (Lipinski definition) is 2. The van der Waals surface area contributed by atoms with Crippen LogP contribution in [-0.4, -0.2) is 43.8 Å². The van der Waals surface area contributed by atoms with Crippen LogP contribution < -0.4 is 10.5 Å². The highest BCUT2D eigenvalue weighted by Gasteiger charge is 2.37. The Hall–Kier alpha value is -1.50. The van der Waals surface area contributed by atoms with E-state index in [0.29, 0.717) is 21.7 Å². The van der Waals surface area contributed by atoms with Gasteiger partial charge >= 0.3 is 0 Å². The molecule has 4 rings (SSSR count). The number of fused-ring (bicyclic) bond motifs is 1. The second-order valence-electron chi connectivity index (χ2n) is 6.04. The Labute approximate surface area is 126 Å². The third kappa shape index (κ3) is 2.33. The summed E-state index contributed by atoms with van der Waals surface area (Å²) in [6.07, 6.45) is 8.10. The van der Waals surface area contributed by atoms with E-state index in [2.05, 4.69) is 36.8 Å². The Bertz CT molecular complexity index is 697. The van der Waals surface area contributed by atoms with E-state index in [-0.39, 0.29) is 5.56 Å². The summed E-state index contributed by atoms with van der Waals surface area (Å²) in [4.78, 5) is 21.8. The summed E-state index contributed by atoms with van der Waals surface area (Å²) >= 11 is 2.11. The van der Waals surface area contributed by atoms with E-state index < -0.39 is 0 Å². The number of H-pyrrole nitrogens is 2. The Kier molecular flexibility index (Phi) is 3.17. The third-order valence-electron chi connectivity index (χ3n) is 4.62. The first-order valence-electron chi connectivity index (χ1n) is 7.58. The minimum Gasteiger partial charge on any atom is -0.340 e. The van der Waals surface area contributed by atoms with E-state index in [1.165, 1.54) is 38.3 Å². The van der Waals surface area contributed by atoms with E-state index in [0.717, 1.165) is 18.8 Å². The lowest BCUT2D eigenvalue weighted by atomic mass is 9.87. The fraction of sp³-hybridized carbons (Fsp3) is 0.643. The summed E-state index contributed by atoms with van der Waals surface area (Å²) < 4.78 is 0.359. The standard InChI is InChI=1S/C14H19N5OS/c20-12-10-8-15-18-11(10)16-13(17-12)19-6-7-21-14(9-19)4-2-1-3-5-14/h8H,1-7,9H2,(H2,15,16,17,18,20). The van der Waals surface area contributed by atoms with Gasteiger partial charge in [0.25, 0.3) is 5.56 Å². The molecule has 1 aliphatic carbocycles. The maximum absolute atomic E-state index is 12.1.